The van der Waals surface area contributed by atoms with Crippen LogP contribution in [0.1, 0.15) is 42.9 Å². The summed E-state index contributed by atoms with van der Waals surface area (Å²) in [4.78, 5) is 12.5. The number of hydrogen-bond acceptors (Lipinski definition) is 2. The van der Waals surface area contributed by atoms with Crippen molar-refractivity contribution in [2.75, 3.05) is 6.54 Å². The van der Waals surface area contributed by atoms with E-state index in [1.165, 1.54) is 5.56 Å². The molecule has 1 N–H and O–H groups in total. The maximum atomic E-state index is 12.5. The first-order chi connectivity index (χ1) is 11.5. The Morgan fingerprint density at radius 2 is 1.83 bits per heavy atom. The van der Waals surface area contributed by atoms with E-state index in [0.29, 0.717) is 13.0 Å². The van der Waals surface area contributed by atoms with Crippen LogP contribution in [0.25, 0.3) is 0 Å². The van der Waals surface area contributed by atoms with Crippen molar-refractivity contribution in [3.63, 3.8) is 0 Å². The topological polar surface area (TPSA) is 38.3 Å². The van der Waals surface area contributed by atoms with E-state index < -0.39 is 6.10 Å². The van der Waals surface area contributed by atoms with Crippen LogP contribution in [0.4, 0.5) is 0 Å². The molecule has 0 aliphatic rings. The Bertz CT molecular complexity index is 667. The van der Waals surface area contributed by atoms with E-state index in [-0.39, 0.29) is 11.8 Å². The van der Waals surface area contributed by atoms with Gasteiger partial charge in [0.25, 0.3) is 5.91 Å². The van der Waals surface area contributed by atoms with Crippen molar-refractivity contribution >= 4 is 5.91 Å². The molecule has 0 aromatic heterocycles. The van der Waals surface area contributed by atoms with Crippen LogP contribution in [0, 0.1) is 13.8 Å². The van der Waals surface area contributed by atoms with Crippen molar-refractivity contribution in [3.8, 4) is 5.75 Å². The average molecular weight is 325 g/mol. The maximum absolute atomic E-state index is 12.5. The summed E-state index contributed by atoms with van der Waals surface area (Å²) < 4.78 is 5.96. The molecule has 2 aromatic carbocycles. The van der Waals surface area contributed by atoms with E-state index in [0.717, 1.165) is 16.9 Å². The van der Waals surface area contributed by atoms with Gasteiger partial charge < -0.3 is 10.1 Å². The van der Waals surface area contributed by atoms with Gasteiger partial charge in [-0.1, -0.05) is 56.3 Å². The molecule has 2 aromatic rings. The Morgan fingerprint density at radius 1 is 1.12 bits per heavy atom. The van der Waals surface area contributed by atoms with E-state index in [1.54, 1.807) is 0 Å². The van der Waals surface area contributed by atoms with Crippen molar-refractivity contribution in [2.45, 2.75) is 46.1 Å². The predicted octanol–water partition coefficient (Wildman–Crippen LogP) is 4.38. The molecule has 0 aliphatic heterocycles. The van der Waals surface area contributed by atoms with Crippen molar-refractivity contribution in [1.82, 2.24) is 5.32 Å². The van der Waals surface area contributed by atoms with Gasteiger partial charge in [-0.15, -0.1) is 0 Å². The Balaban J connectivity index is 1.95. The lowest BCUT2D eigenvalue weighted by Gasteiger charge is -2.20. The molecule has 0 fully saturated rings. The first-order valence-corrected chi connectivity index (χ1v) is 8.57. The molecule has 0 spiro atoms. The predicted molar refractivity (Wildman–Crippen MR) is 98.5 cm³/mol. The molecule has 3 nitrogen and oxygen atoms in total. The zero-order valence-corrected chi connectivity index (χ0v) is 15.0. The van der Waals surface area contributed by atoms with Gasteiger partial charge in [0, 0.05) is 6.54 Å². The SMILES string of the molecule is CC[C@@H](Oc1cc(C)ccc1C)C(=O)NC[C@H](C)c1ccccc1. The number of amides is 1. The lowest BCUT2D eigenvalue weighted by molar-refractivity contribution is -0.128. The molecule has 2 atom stereocenters. The third-order valence-corrected chi connectivity index (χ3v) is 4.23. The van der Waals surface area contributed by atoms with Gasteiger partial charge in [0.2, 0.25) is 0 Å². The molecule has 128 valence electrons. The molecule has 0 saturated carbocycles. The Morgan fingerprint density at radius 3 is 2.50 bits per heavy atom. The quantitative estimate of drug-likeness (QED) is 0.820. The fourth-order valence-electron chi connectivity index (χ4n) is 2.58. The molecule has 0 radical (unpaired) electrons. The lowest BCUT2D eigenvalue weighted by atomic mass is 10.0. The molecule has 2 rings (SSSR count). The number of nitrogens with one attached hydrogen (secondary N) is 1. The first-order valence-electron chi connectivity index (χ1n) is 8.57. The van der Waals surface area contributed by atoms with Gasteiger partial charge >= 0.3 is 0 Å². The molecular formula is C21H27NO2. The molecule has 0 bridgehead atoms. The monoisotopic (exact) mass is 325 g/mol. The molecule has 1 amide bonds. The lowest BCUT2D eigenvalue weighted by Crippen LogP contribution is -2.39. The summed E-state index contributed by atoms with van der Waals surface area (Å²) >= 11 is 0. The Hall–Kier alpha value is -2.29. The molecular weight excluding hydrogens is 298 g/mol. The van der Waals surface area contributed by atoms with Gasteiger partial charge in [0.05, 0.1) is 0 Å². The van der Waals surface area contributed by atoms with E-state index >= 15 is 0 Å². The average Bonchev–Trinajstić information content (AvgIpc) is 2.60. The maximum Gasteiger partial charge on any atom is 0.261 e. The van der Waals surface area contributed by atoms with Crippen LogP contribution in [0.3, 0.4) is 0 Å². The van der Waals surface area contributed by atoms with E-state index in [9.17, 15) is 4.79 Å². The van der Waals surface area contributed by atoms with Crippen molar-refractivity contribution in [3.05, 3.63) is 65.2 Å². The molecule has 3 heteroatoms. The highest BCUT2D eigenvalue weighted by Gasteiger charge is 2.19. The normalized spacial score (nSPS) is 13.2. The Kier molecular flexibility index (Phi) is 6.42. The fraction of sp³-hybridized carbons (Fsp3) is 0.381. The fourth-order valence-corrected chi connectivity index (χ4v) is 2.58. The number of benzene rings is 2. The van der Waals surface area contributed by atoms with Crippen molar-refractivity contribution in [2.24, 2.45) is 0 Å². The summed E-state index contributed by atoms with van der Waals surface area (Å²) in [6.07, 6.45) is 0.173. The van der Waals surface area contributed by atoms with E-state index in [4.69, 9.17) is 4.74 Å². The van der Waals surface area contributed by atoms with Crippen molar-refractivity contribution in [1.29, 1.82) is 0 Å². The van der Waals surface area contributed by atoms with Crippen molar-refractivity contribution < 1.29 is 9.53 Å². The minimum atomic E-state index is -0.464. The standard InChI is InChI=1S/C21H27NO2/c1-5-19(24-20-13-15(2)11-12-16(20)3)21(23)22-14-17(4)18-9-7-6-8-10-18/h6-13,17,19H,5,14H2,1-4H3,(H,22,23)/t17-,19+/m0/s1. The van der Waals surface area contributed by atoms with Crippen LogP contribution in [0.2, 0.25) is 0 Å². The number of carbonyl (C=O) groups excluding carboxylic acids is 1. The highest BCUT2D eigenvalue weighted by atomic mass is 16.5. The third-order valence-electron chi connectivity index (χ3n) is 4.23. The summed E-state index contributed by atoms with van der Waals surface area (Å²) in [6.45, 7) is 8.71. The van der Waals surface area contributed by atoms with E-state index in [2.05, 4.69) is 24.4 Å². The molecule has 0 unspecified atom stereocenters. The second-order valence-corrected chi connectivity index (χ2v) is 6.34. The number of rotatable bonds is 7. The van der Waals surface area contributed by atoms with Gasteiger partial charge in [-0.2, -0.15) is 0 Å². The molecule has 0 aliphatic carbocycles. The summed E-state index contributed by atoms with van der Waals surface area (Å²) in [5.74, 6) is 1.00. The summed E-state index contributed by atoms with van der Waals surface area (Å²) in [5.41, 5.74) is 3.40. The van der Waals surface area contributed by atoms with Crippen LogP contribution in [-0.4, -0.2) is 18.6 Å². The van der Waals surface area contributed by atoms with Crippen LogP contribution in [0.15, 0.2) is 48.5 Å². The molecule has 24 heavy (non-hydrogen) atoms. The largest absolute Gasteiger partial charge is 0.480 e. The zero-order chi connectivity index (χ0) is 17.5. The van der Waals surface area contributed by atoms with Gasteiger partial charge in [0.15, 0.2) is 6.10 Å². The zero-order valence-electron chi connectivity index (χ0n) is 15.0. The number of carbonyl (C=O) groups is 1. The molecule has 0 saturated heterocycles. The minimum Gasteiger partial charge on any atom is -0.480 e. The highest BCUT2D eigenvalue weighted by molar-refractivity contribution is 5.81. The highest BCUT2D eigenvalue weighted by Crippen LogP contribution is 2.21. The second-order valence-electron chi connectivity index (χ2n) is 6.34. The van der Waals surface area contributed by atoms with Crippen LogP contribution >= 0.6 is 0 Å². The molecule has 0 heterocycles. The summed E-state index contributed by atoms with van der Waals surface area (Å²) in [5, 5.41) is 3.02. The van der Waals surface area contributed by atoms with Gasteiger partial charge in [-0.05, 0) is 48.9 Å². The van der Waals surface area contributed by atoms with Crippen LogP contribution < -0.4 is 10.1 Å². The number of ether oxygens (including phenoxy) is 1. The van der Waals surface area contributed by atoms with Crippen LogP contribution in [-0.2, 0) is 4.79 Å². The number of hydrogen-bond donors (Lipinski definition) is 1. The van der Waals surface area contributed by atoms with E-state index in [1.807, 2.05) is 57.2 Å². The van der Waals surface area contributed by atoms with Gasteiger partial charge in [0.1, 0.15) is 5.75 Å². The second kappa shape index (κ2) is 8.53. The number of aryl methyl sites for hydroxylation is 2. The first kappa shape index (κ1) is 18.1. The third kappa shape index (κ3) is 4.85. The van der Waals surface area contributed by atoms with Gasteiger partial charge in [-0.3, -0.25) is 4.79 Å². The summed E-state index contributed by atoms with van der Waals surface area (Å²) in [6, 6.07) is 16.3. The Labute approximate surface area is 145 Å². The summed E-state index contributed by atoms with van der Waals surface area (Å²) in [7, 11) is 0. The van der Waals surface area contributed by atoms with Crippen LogP contribution in [0.5, 0.6) is 5.75 Å². The smallest absolute Gasteiger partial charge is 0.261 e. The minimum absolute atomic E-state index is 0.0545. The van der Waals surface area contributed by atoms with Gasteiger partial charge in [-0.25, -0.2) is 0 Å².